The average molecular weight is 412 g/mol. The van der Waals surface area contributed by atoms with Crippen LogP contribution in [0.1, 0.15) is 24.2 Å². The van der Waals surface area contributed by atoms with E-state index in [0.717, 1.165) is 10.6 Å². The second kappa shape index (κ2) is 8.73. The molecule has 1 aromatic carbocycles. The van der Waals surface area contributed by atoms with Gasteiger partial charge in [-0.25, -0.2) is 4.98 Å². The number of amides is 2. The molecule has 3 aromatic rings. The second-order valence-electron chi connectivity index (χ2n) is 5.92. The van der Waals surface area contributed by atoms with Crippen LogP contribution in [-0.4, -0.2) is 22.6 Å². The van der Waals surface area contributed by atoms with Crippen molar-refractivity contribution in [3.63, 3.8) is 0 Å². The van der Waals surface area contributed by atoms with Crippen molar-refractivity contribution in [1.29, 1.82) is 0 Å². The van der Waals surface area contributed by atoms with E-state index in [1.807, 2.05) is 22.9 Å². The van der Waals surface area contributed by atoms with Crippen LogP contribution in [0.4, 0.5) is 10.8 Å². The number of nitrogens with zero attached hydrogens (tertiary/aromatic N) is 1. The Balaban J connectivity index is 1.59. The zero-order valence-corrected chi connectivity index (χ0v) is 16.8. The van der Waals surface area contributed by atoms with Gasteiger partial charge < -0.3 is 5.32 Å². The lowest BCUT2D eigenvalue weighted by Crippen LogP contribution is -2.16. The highest BCUT2D eigenvalue weighted by Crippen LogP contribution is 2.28. The van der Waals surface area contributed by atoms with Crippen molar-refractivity contribution < 1.29 is 14.4 Å². The molecule has 8 heteroatoms. The minimum Gasteiger partial charge on any atom is -0.322 e. The minimum absolute atomic E-state index is 0.0463. The van der Waals surface area contributed by atoms with E-state index >= 15 is 0 Å². The Morgan fingerprint density at radius 2 is 1.75 bits per heavy atom. The van der Waals surface area contributed by atoms with E-state index in [1.165, 1.54) is 24.3 Å². The first-order chi connectivity index (χ1) is 13.4. The number of aromatic nitrogens is 1. The first-order valence-corrected chi connectivity index (χ1v) is 10.1. The summed E-state index contributed by atoms with van der Waals surface area (Å²) in [4.78, 5) is 41.1. The fourth-order valence-electron chi connectivity index (χ4n) is 2.29. The van der Waals surface area contributed by atoms with Gasteiger partial charge in [0.05, 0.1) is 10.6 Å². The number of anilines is 2. The molecular weight excluding hydrogens is 394 g/mol. The summed E-state index contributed by atoms with van der Waals surface area (Å²) < 4.78 is 0. The van der Waals surface area contributed by atoms with Gasteiger partial charge in [0.1, 0.15) is 0 Å². The molecule has 0 atom stereocenters. The molecule has 0 radical (unpaired) electrons. The van der Waals surface area contributed by atoms with Crippen molar-refractivity contribution in [2.45, 2.75) is 13.8 Å². The third-order valence-electron chi connectivity index (χ3n) is 3.76. The molecule has 28 heavy (non-hydrogen) atoms. The number of benzene rings is 1. The van der Waals surface area contributed by atoms with Crippen LogP contribution in [0.15, 0.2) is 58.8 Å². The molecule has 2 amide bonds. The molecule has 0 bridgehead atoms. The van der Waals surface area contributed by atoms with Crippen LogP contribution in [0.2, 0.25) is 0 Å². The van der Waals surface area contributed by atoms with Gasteiger partial charge in [0.25, 0.3) is 11.8 Å². The van der Waals surface area contributed by atoms with Gasteiger partial charge in [0.15, 0.2) is 10.9 Å². The number of carbonyl (C=O) groups is 3. The number of thiazole rings is 1. The summed E-state index contributed by atoms with van der Waals surface area (Å²) in [6, 6.07) is 10.5. The van der Waals surface area contributed by atoms with E-state index in [-0.39, 0.29) is 11.4 Å². The van der Waals surface area contributed by atoms with Crippen LogP contribution in [0, 0.1) is 0 Å². The third kappa shape index (κ3) is 4.99. The Morgan fingerprint density at radius 1 is 1.00 bits per heavy atom. The predicted molar refractivity (Wildman–Crippen MR) is 113 cm³/mol. The molecule has 0 unspecified atom stereocenters. The predicted octanol–water partition coefficient (Wildman–Crippen LogP) is 4.60. The molecule has 2 heterocycles. The van der Waals surface area contributed by atoms with E-state index in [9.17, 15) is 14.4 Å². The molecule has 142 valence electrons. The van der Waals surface area contributed by atoms with Gasteiger partial charge in [-0.15, -0.1) is 22.7 Å². The normalized spacial score (nSPS) is 11.1. The second-order valence-corrected chi connectivity index (χ2v) is 7.73. The zero-order valence-electron chi connectivity index (χ0n) is 15.2. The third-order valence-corrected chi connectivity index (χ3v) is 5.41. The van der Waals surface area contributed by atoms with Crippen LogP contribution in [-0.2, 0) is 9.59 Å². The van der Waals surface area contributed by atoms with Gasteiger partial charge in [-0.2, -0.15) is 0 Å². The van der Waals surface area contributed by atoms with Gasteiger partial charge in [-0.05, 0) is 49.6 Å². The zero-order chi connectivity index (χ0) is 20.1. The van der Waals surface area contributed by atoms with Crippen molar-refractivity contribution >= 4 is 51.1 Å². The molecule has 0 aliphatic rings. The number of Topliss-reactive ketones (excluding diaryl/α,β-unsaturated/α-hetero) is 1. The molecule has 0 aliphatic heterocycles. The van der Waals surface area contributed by atoms with Crippen LogP contribution >= 0.6 is 22.7 Å². The molecule has 0 spiro atoms. The molecule has 3 rings (SSSR count). The Labute approximate surface area is 169 Å². The molecule has 0 aliphatic carbocycles. The maximum absolute atomic E-state index is 12.2. The average Bonchev–Trinajstić information content (AvgIpc) is 3.33. The molecule has 6 nitrogen and oxygen atoms in total. The number of hydrogen-bond donors (Lipinski definition) is 2. The largest absolute Gasteiger partial charge is 0.322 e. The summed E-state index contributed by atoms with van der Waals surface area (Å²) >= 11 is 2.90. The first kappa shape index (κ1) is 19.7. The lowest BCUT2D eigenvalue weighted by Gasteiger charge is -2.06. The fourth-order valence-corrected chi connectivity index (χ4v) is 3.76. The summed E-state index contributed by atoms with van der Waals surface area (Å²) in [5, 5.41) is 9.67. The number of thiophene rings is 1. The Kier molecular flexibility index (Phi) is 6.13. The summed E-state index contributed by atoms with van der Waals surface area (Å²) in [5.41, 5.74) is 2.17. The highest BCUT2D eigenvalue weighted by Gasteiger charge is 2.10. The molecule has 2 N–H and O–H groups in total. The van der Waals surface area contributed by atoms with Crippen molar-refractivity contribution in [2.75, 3.05) is 10.6 Å². The van der Waals surface area contributed by atoms with E-state index < -0.39 is 11.8 Å². The summed E-state index contributed by atoms with van der Waals surface area (Å²) in [5.74, 6) is -0.870. The van der Waals surface area contributed by atoms with E-state index in [4.69, 9.17) is 0 Å². The van der Waals surface area contributed by atoms with Crippen LogP contribution < -0.4 is 10.6 Å². The summed E-state index contributed by atoms with van der Waals surface area (Å²) in [7, 11) is 0. The maximum atomic E-state index is 12.2. The summed E-state index contributed by atoms with van der Waals surface area (Å²) in [6.07, 6.45) is 1.23. The van der Waals surface area contributed by atoms with Gasteiger partial charge in [-0.3, -0.25) is 19.7 Å². The lowest BCUT2D eigenvalue weighted by atomic mass is 10.1. The molecule has 2 aromatic heterocycles. The highest BCUT2D eigenvalue weighted by molar-refractivity contribution is 7.16. The smallest absolute Gasteiger partial charge is 0.251 e. The Hall–Kier alpha value is -3.10. The quantitative estimate of drug-likeness (QED) is 0.458. The topological polar surface area (TPSA) is 88.2 Å². The fraction of sp³-hybridized carbons (Fsp3) is 0.100. The minimum atomic E-state index is -0.424. The van der Waals surface area contributed by atoms with Gasteiger partial charge in [0, 0.05) is 28.3 Å². The van der Waals surface area contributed by atoms with Gasteiger partial charge >= 0.3 is 0 Å². The SMILES string of the molecule is CC(=O)c1ccc(NC(=O)/C(C)=C\C(=O)Nc2nc(-c3cccs3)cs2)cc1. The van der Waals surface area contributed by atoms with Gasteiger partial charge in [-0.1, -0.05) is 6.07 Å². The summed E-state index contributed by atoms with van der Waals surface area (Å²) in [6.45, 7) is 3.03. The van der Waals surface area contributed by atoms with Crippen molar-refractivity contribution in [3.8, 4) is 10.6 Å². The van der Waals surface area contributed by atoms with Gasteiger partial charge in [0.2, 0.25) is 0 Å². The molecule has 0 saturated heterocycles. The van der Waals surface area contributed by atoms with Crippen molar-refractivity contribution in [3.05, 3.63) is 64.4 Å². The maximum Gasteiger partial charge on any atom is 0.251 e. The molecular formula is C20H17N3O3S2. The van der Waals surface area contributed by atoms with Crippen LogP contribution in [0.3, 0.4) is 0 Å². The van der Waals surface area contributed by atoms with E-state index in [0.29, 0.717) is 16.4 Å². The monoisotopic (exact) mass is 411 g/mol. The number of rotatable bonds is 6. The standard InChI is InChI=1S/C20H17N3O3S2/c1-12(19(26)21-15-7-5-14(6-8-15)13(2)24)10-18(25)23-20-22-16(11-28-20)17-4-3-9-27-17/h3-11H,1-2H3,(H,21,26)(H,22,23,25)/b12-10-. The Morgan fingerprint density at radius 3 is 2.39 bits per heavy atom. The number of carbonyl (C=O) groups excluding carboxylic acids is 3. The van der Waals surface area contributed by atoms with Crippen LogP contribution in [0.25, 0.3) is 10.6 Å². The lowest BCUT2D eigenvalue weighted by molar-refractivity contribution is -0.114. The number of hydrogen-bond acceptors (Lipinski definition) is 6. The van der Waals surface area contributed by atoms with E-state index in [2.05, 4.69) is 15.6 Å². The van der Waals surface area contributed by atoms with Crippen molar-refractivity contribution in [1.82, 2.24) is 4.98 Å². The molecule has 0 saturated carbocycles. The first-order valence-electron chi connectivity index (χ1n) is 8.33. The highest BCUT2D eigenvalue weighted by atomic mass is 32.1. The Bertz CT molecular complexity index is 1040. The van der Waals surface area contributed by atoms with E-state index in [1.54, 1.807) is 42.5 Å². The molecule has 0 fully saturated rings. The van der Waals surface area contributed by atoms with Crippen LogP contribution in [0.5, 0.6) is 0 Å². The number of nitrogens with one attached hydrogen (secondary N) is 2. The van der Waals surface area contributed by atoms with Crippen molar-refractivity contribution in [2.24, 2.45) is 0 Å². The number of ketones is 1.